The fourth-order valence-electron chi connectivity index (χ4n) is 2.38. The third-order valence-corrected chi connectivity index (χ3v) is 4.24. The zero-order valence-corrected chi connectivity index (χ0v) is 14.9. The molecule has 0 aliphatic heterocycles. The molecule has 1 N–H and O–H groups in total. The summed E-state index contributed by atoms with van der Waals surface area (Å²) >= 11 is 17.9. The molecule has 124 valence electrons. The number of halogens is 3. The minimum absolute atomic E-state index is 0.0397. The molecule has 0 atom stereocenters. The average molecular weight is 383 g/mol. The standard InChI is InChI=1S/C17H14Cl3N3O/c18-12-3-1-11(2-4-12)7-16(24)21-6-5-14-10-23-9-13(19)8-15(20)17(23)22-14/h1-4,8-10H,5-7H2,(H,21,24). The summed E-state index contributed by atoms with van der Waals surface area (Å²) in [6.07, 6.45) is 4.54. The third kappa shape index (κ3) is 4.20. The van der Waals surface area contributed by atoms with Crippen LogP contribution in [0.2, 0.25) is 15.1 Å². The first kappa shape index (κ1) is 17.1. The SMILES string of the molecule is O=C(Cc1ccc(Cl)cc1)NCCc1cn2cc(Cl)cc(Cl)c2n1. The van der Waals surface area contributed by atoms with Crippen molar-refractivity contribution >= 4 is 46.4 Å². The number of hydrogen-bond donors (Lipinski definition) is 1. The minimum Gasteiger partial charge on any atom is -0.355 e. The second-order valence-electron chi connectivity index (χ2n) is 5.37. The summed E-state index contributed by atoms with van der Waals surface area (Å²) in [5.74, 6) is -0.0397. The number of fused-ring (bicyclic) bond motifs is 1. The molecule has 0 aliphatic carbocycles. The predicted molar refractivity (Wildman–Crippen MR) is 97.1 cm³/mol. The lowest BCUT2D eigenvalue weighted by molar-refractivity contribution is -0.120. The van der Waals surface area contributed by atoms with Gasteiger partial charge in [-0.25, -0.2) is 4.98 Å². The Hall–Kier alpha value is -1.75. The second kappa shape index (κ2) is 7.43. The summed E-state index contributed by atoms with van der Waals surface area (Å²) < 4.78 is 1.79. The van der Waals surface area contributed by atoms with Gasteiger partial charge in [0, 0.05) is 30.4 Å². The Morgan fingerprint density at radius 3 is 2.58 bits per heavy atom. The lowest BCUT2D eigenvalue weighted by Gasteiger charge is -2.04. The topological polar surface area (TPSA) is 46.4 Å². The molecule has 24 heavy (non-hydrogen) atoms. The summed E-state index contributed by atoms with van der Waals surface area (Å²) in [6.45, 7) is 0.502. The Balaban J connectivity index is 1.55. The van der Waals surface area contributed by atoms with Crippen LogP contribution in [0, 0.1) is 0 Å². The van der Waals surface area contributed by atoms with Crippen LogP contribution in [0.1, 0.15) is 11.3 Å². The van der Waals surface area contributed by atoms with Crippen LogP contribution in [0.5, 0.6) is 0 Å². The van der Waals surface area contributed by atoms with Crippen LogP contribution in [-0.4, -0.2) is 21.8 Å². The maximum Gasteiger partial charge on any atom is 0.224 e. The lowest BCUT2D eigenvalue weighted by atomic mass is 10.1. The molecule has 1 aromatic carbocycles. The summed E-state index contributed by atoms with van der Waals surface area (Å²) in [7, 11) is 0. The van der Waals surface area contributed by atoms with Crippen molar-refractivity contribution in [2.45, 2.75) is 12.8 Å². The van der Waals surface area contributed by atoms with E-state index in [0.29, 0.717) is 40.1 Å². The van der Waals surface area contributed by atoms with E-state index in [1.54, 1.807) is 28.8 Å². The van der Waals surface area contributed by atoms with E-state index in [-0.39, 0.29) is 5.91 Å². The first-order valence-electron chi connectivity index (χ1n) is 7.35. The van der Waals surface area contributed by atoms with Crippen molar-refractivity contribution in [1.29, 1.82) is 0 Å². The van der Waals surface area contributed by atoms with E-state index in [2.05, 4.69) is 10.3 Å². The number of rotatable bonds is 5. The fourth-order valence-corrected chi connectivity index (χ4v) is 3.03. The van der Waals surface area contributed by atoms with Crippen molar-refractivity contribution in [2.75, 3.05) is 6.54 Å². The van der Waals surface area contributed by atoms with Crippen molar-refractivity contribution in [1.82, 2.24) is 14.7 Å². The Morgan fingerprint density at radius 2 is 1.83 bits per heavy atom. The van der Waals surface area contributed by atoms with Crippen LogP contribution in [0.25, 0.3) is 5.65 Å². The summed E-state index contributed by atoms with van der Waals surface area (Å²) in [5, 5.41) is 4.59. The smallest absolute Gasteiger partial charge is 0.224 e. The number of nitrogens with zero attached hydrogens (tertiary/aromatic N) is 2. The van der Waals surface area contributed by atoms with Crippen molar-refractivity contribution in [3.05, 3.63) is 69.1 Å². The van der Waals surface area contributed by atoms with Gasteiger partial charge in [-0.15, -0.1) is 0 Å². The Kier molecular flexibility index (Phi) is 5.29. The molecule has 0 saturated heterocycles. The first-order chi connectivity index (χ1) is 11.5. The van der Waals surface area contributed by atoms with Gasteiger partial charge in [0.1, 0.15) is 0 Å². The number of aromatic nitrogens is 2. The largest absolute Gasteiger partial charge is 0.355 e. The third-order valence-electron chi connectivity index (χ3n) is 3.50. The number of imidazole rings is 1. The molecule has 4 nitrogen and oxygen atoms in total. The minimum atomic E-state index is -0.0397. The molecular formula is C17H14Cl3N3O. The van der Waals surface area contributed by atoms with Crippen molar-refractivity contribution in [3.63, 3.8) is 0 Å². The summed E-state index contributed by atoms with van der Waals surface area (Å²) in [6, 6.07) is 8.89. The highest BCUT2D eigenvalue weighted by molar-refractivity contribution is 6.36. The molecule has 0 radical (unpaired) electrons. The van der Waals surface area contributed by atoms with Crippen LogP contribution in [0.3, 0.4) is 0 Å². The zero-order valence-electron chi connectivity index (χ0n) is 12.6. The van der Waals surface area contributed by atoms with Crippen LogP contribution >= 0.6 is 34.8 Å². The van der Waals surface area contributed by atoms with E-state index in [1.165, 1.54) is 0 Å². The van der Waals surface area contributed by atoms with Crippen LogP contribution in [-0.2, 0) is 17.6 Å². The average Bonchev–Trinajstić information content (AvgIpc) is 2.92. The van der Waals surface area contributed by atoms with Gasteiger partial charge in [-0.3, -0.25) is 4.79 Å². The zero-order chi connectivity index (χ0) is 17.1. The van der Waals surface area contributed by atoms with E-state index in [0.717, 1.165) is 11.3 Å². The van der Waals surface area contributed by atoms with Gasteiger partial charge in [0.25, 0.3) is 0 Å². The van der Waals surface area contributed by atoms with Gasteiger partial charge in [-0.2, -0.15) is 0 Å². The van der Waals surface area contributed by atoms with Gasteiger partial charge < -0.3 is 9.72 Å². The number of benzene rings is 1. The number of carbonyl (C=O) groups is 1. The van der Waals surface area contributed by atoms with Crippen molar-refractivity contribution < 1.29 is 4.79 Å². The van der Waals surface area contributed by atoms with Gasteiger partial charge >= 0.3 is 0 Å². The molecule has 0 spiro atoms. The van der Waals surface area contributed by atoms with E-state index in [1.807, 2.05) is 18.3 Å². The van der Waals surface area contributed by atoms with Gasteiger partial charge in [-0.1, -0.05) is 46.9 Å². The van der Waals surface area contributed by atoms with Gasteiger partial charge in [0.2, 0.25) is 5.91 Å². The maximum atomic E-state index is 12.0. The number of carbonyl (C=O) groups excluding carboxylic acids is 1. The highest BCUT2D eigenvalue weighted by Crippen LogP contribution is 2.21. The highest BCUT2D eigenvalue weighted by Gasteiger charge is 2.08. The molecule has 7 heteroatoms. The van der Waals surface area contributed by atoms with Crippen LogP contribution in [0.4, 0.5) is 0 Å². The Morgan fingerprint density at radius 1 is 1.08 bits per heavy atom. The molecule has 3 rings (SSSR count). The Labute approximate surface area is 154 Å². The van der Waals surface area contributed by atoms with Crippen molar-refractivity contribution in [2.24, 2.45) is 0 Å². The molecule has 0 saturated carbocycles. The molecule has 2 aromatic heterocycles. The quantitative estimate of drug-likeness (QED) is 0.719. The monoisotopic (exact) mass is 381 g/mol. The molecular weight excluding hydrogens is 369 g/mol. The lowest BCUT2D eigenvalue weighted by Crippen LogP contribution is -2.27. The Bertz CT molecular complexity index is 875. The summed E-state index contributed by atoms with van der Waals surface area (Å²) in [5.41, 5.74) is 2.42. The molecule has 1 amide bonds. The van der Waals surface area contributed by atoms with E-state index >= 15 is 0 Å². The van der Waals surface area contributed by atoms with Gasteiger partial charge in [0.05, 0.1) is 22.2 Å². The van der Waals surface area contributed by atoms with Gasteiger partial charge in [-0.05, 0) is 23.8 Å². The van der Waals surface area contributed by atoms with Crippen molar-refractivity contribution in [3.8, 4) is 0 Å². The number of pyridine rings is 1. The fraction of sp³-hybridized carbons (Fsp3) is 0.176. The molecule has 0 unspecified atom stereocenters. The van der Waals surface area contributed by atoms with Crippen LogP contribution < -0.4 is 5.32 Å². The first-order valence-corrected chi connectivity index (χ1v) is 8.48. The molecule has 0 aliphatic rings. The predicted octanol–water partition coefficient (Wildman–Crippen LogP) is 4.20. The van der Waals surface area contributed by atoms with E-state index in [4.69, 9.17) is 34.8 Å². The summed E-state index contributed by atoms with van der Waals surface area (Å²) in [4.78, 5) is 16.4. The second-order valence-corrected chi connectivity index (χ2v) is 6.65. The van der Waals surface area contributed by atoms with E-state index in [9.17, 15) is 4.79 Å². The molecule has 0 fully saturated rings. The number of hydrogen-bond acceptors (Lipinski definition) is 2. The molecule has 2 heterocycles. The van der Waals surface area contributed by atoms with Crippen LogP contribution in [0.15, 0.2) is 42.7 Å². The normalized spacial score (nSPS) is 11.0. The highest BCUT2D eigenvalue weighted by atomic mass is 35.5. The molecule has 3 aromatic rings. The number of nitrogens with one attached hydrogen (secondary N) is 1. The molecule has 0 bridgehead atoms. The maximum absolute atomic E-state index is 12.0. The number of amides is 1. The van der Waals surface area contributed by atoms with Gasteiger partial charge in [0.15, 0.2) is 5.65 Å². The van der Waals surface area contributed by atoms with E-state index < -0.39 is 0 Å².